The number of hydrogen-bond acceptors (Lipinski definition) is 2. The molecule has 3 nitrogen and oxygen atoms in total. The van der Waals surface area contributed by atoms with Crippen LogP contribution < -0.4 is 4.57 Å². The maximum absolute atomic E-state index is 10.1. The Morgan fingerprint density at radius 2 is 1.56 bits per heavy atom. The lowest BCUT2D eigenvalue weighted by Gasteiger charge is -2.26. The van der Waals surface area contributed by atoms with Crippen molar-refractivity contribution >= 4 is 21.9 Å². The Morgan fingerprint density at radius 1 is 0.821 bits per heavy atom. The van der Waals surface area contributed by atoms with Gasteiger partial charge in [0.05, 0.1) is 17.2 Å². The van der Waals surface area contributed by atoms with Gasteiger partial charge in [0, 0.05) is 34.4 Å². The number of fused-ring (bicyclic) bond motifs is 4. The summed E-state index contributed by atoms with van der Waals surface area (Å²) >= 11 is 0. The molecule has 2 aromatic heterocycles. The third kappa shape index (κ3) is 3.75. The second-order valence-electron chi connectivity index (χ2n) is 10.7. The SMILES string of the molecule is Cc1ccc2c(oc3c(-c4ccc(C5CCCc6ccccc65)cc4)c(C#N)ccc32)c1-c1cccc[n+]1C. The molecule has 0 fully saturated rings. The number of furan rings is 1. The fourth-order valence-corrected chi connectivity index (χ4v) is 6.47. The number of hydrogen-bond donors (Lipinski definition) is 0. The zero-order chi connectivity index (χ0) is 26.5. The Bertz CT molecular complexity index is 1920. The van der Waals surface area contributed by atoms with Crippen LogP contribution >= 0.6 is 0 Å². The molecule has 0 bridgehead atoms. The predicted molar refractivity (Wildman–Crippen MR) is 156 cm³/mol. The van der Waals surface area contributed by atoms with Crippen LogP contribution in [0.25, 0.3) is 44.3 Å². The standard InChI is InChI=1S/C36H29N2O/c1-23-13-19-30-31-20-18-27(22-37)34(36(31)39-35(30)33(23)32-12-5-6-21-38(32)2)26-16-14-25(15-17-26)29-11-7-9-24-8-3-4-10-28(24)29/h3-6,8,10,12-21,29H,7,9,11H2,1-2H3/q+1. The topological polar surface area (TPSA) is 40.8 Å². The molecule has 0 saturated carbocycles. The number of aromatic nitrogens is 1. The van der Waals surface area contributed by atoms with Gasteiger partial charge in [0.2, 0.25) is 5.69 Å². The third-order valence-corrected chi connectivity index (χ3v) is 8.42. The Kier molecular flexibility index (Phi) is 5.56. The molecular formula is C36H29N2O+. The van der Waals surface area contributed by atoms with E-state index in [9.17, 15) is 5.26 Å². The van der Waals surface area contributed by atoms with E-state index in [-0.39, 0.29) is 0 Å². The van der Waals surface area contributed by atoms with Crippen LogP contribution in [0, 0.1) is 18.3 Å². The minimum absolute atomic E-state index is 0.415. The van der Waals surface area contributed by atoms with E-state index in [1.165, 1.54) is 23.1 Å². The Labute approximate surface area is 228 Å². The third-order valence-electron chi connectivity index (χ3n) is 8.42. The Morgan fingerprint density at radius 3 is 2.36 bits per heavy atom. The van der Waals surface area contributed by atoms with Crippen LogP contribution in [-0.2, 0) is 13.5 Å². The number of nitriles is 1. The van der Waals surface area contributed by atoms with E-state index in [0.29, 0.717) is 11.5 Å². The summed E-state index contributed by atoms with van der Waals surface area (Å²) in [5, 5.41) is 12.2. The van der Waals surface area contributed by atoms with Gasteiger partial charge in [-0.1, -0.05) is 60.7 Å². The van der Waals surface area contributed by atoms with Crippen LogP contribution in [0.1, 0.15) is 46.6 Å². The largest absolute Gasteiger partial charge is 0.454 e. The summed E-state index contributed by atoms with van der Waals surface area (Å²) < 4.78 is 8.85. The molecular weight excluding hydrogens is 476 g/mol. The zero-order valence-electron chi connectivity index (χ0n) is 22.2. The molecule has 1 unspecified atom stereocenters. The second-order valence-corrected chi connectivity index (χ2v) is 10.7. The maximum Gasteiger partial charge on any atom is 0.216 e. The monoisotopic (exact) mass is 505 g/mol. The second kappa shape index (κ2) is 9.26. The summed E-state index contributed by atoms with van der Waals surface area (Å²) in [5.41, 5.74) is 11.7. The van der Waals surface area contributed by atoms with Crippen LogP contribution in [0.15, 0.2) is 102 Å². The van der Waals surface area contributed by atoms with Gasteiger partial charge in [-0.2, -0.15) is 5.26 Å². The van der Waals surface area contributed by atoms with E-state index in [1.807, 2.05) is 18.2 Å². The minimum atomic E-state index is 0.415. The number of nitrogens with zero attached hydrogens (tertiary/aromatic N) is 2. The zero-order valence-corrected chi connectivity index (χ0v) is 22.2. The van der Waals surface area contributed by atoms with Crippen molar-refractivity contribution in [2.75, 3.05) is 0 Å². The van der Waals surface area contributed by atoms with Gasteiger partial charge < -0.3 is 4.42 Å². The van der Waals surface area contributed by atoms with Crippen molar-refractivity contribution in [2.45, 2.75) is 32.1 Å². The maximum atomic E-state index is 10.1. The summed E-state index contributed by atoms with van der Waals surface area (Å²) in [7, 11) is 2.06. The summed E-state index contributed by atoms with van der Waals surface area (Å²) in [6.45, 7) is 2.12. The molecule has 3 heteroatoms. The Hall–Kier alpha value is -4.68. The van der Waals surface area contributed by atoms with Crippen LogP contribution in [0.3, 0.4) is 0 Å². The molecule has 6 aromatic rings. The average molecular weight is 506 g/mol. The van der Waals surface area contributed by atoms with Gasteiger partial charge in [-0.05, 0) is 72.2 Å². The molecule has 1 atom stereocenters. The smallest absolute Gasteiger partial charge is 0.216 e. The lowest BCUT2D eigenvalue weighted by atomic mass is 9.79. The van der Waals surface area contributed by atoms with Crippen molar-refractivity contribution in [2.24, 2.45) is 7.05 Å². The first kappa shape index (κ1) is 23.4. The van der Waals surface area contributed by atoms with Gasteiger partial charge in [0.15, 0.2) is 6.20 Å². The van der Waals surface area contributed by atoms with E-state index >= 15 is 0 Å². The molecule has 188 valence electrons. The number of pyridine rings is 1. The highest BCUT2D eigenvalue weighted by molar-refractivity contribution is 6.14. The summed E-state index contributed by atoms with van der Waals surface area (Å²) in [4.78, 5) is 0. The van der Waals surface area contributed by atoms with Gasteiger partial charge in [0.25, 0.3) is 0 Å². The first-order chi connectivity index (χ1) is 19.1. The number of rotatable bonds is 3. The van der Waals surface area contributed by atoms with E-state index in [0.717, 1.165) is 62.7 Å². The molecule has 7 rings (SSSR count). The van der Waals surface area contributed by atoms with Crippen molar-refractivity contribution in [1.82, 2.24) is 0 Å². The van der Waals surface area contributed by atoms with Gasteiger partial charge in [0.1, 0.15) is 18.2 Å². The first-order valence-electron chi connectivity index (χ1n) is 13.7. The molecule has 0 aliphatic heterocycles. The molecule has 0 spiro atoms. The minimum Gasteiger partial charge on any atom is -0.454 e. The number of benzene rings is 4. The predicted octanol–water partition coefficient (Wildman–Crippen LogP) is 8.39. The normalized spacial score (nSPS) is 14.8. The quantitative estimate of drug-likeness (QED) is 0.227. The van der Waals surface area contributed by atoms with Crippen LogP contribution in [0.4, 0.5) is 0 Å². The molecule has 0 amide bonds. The highest BCUT2D eigenvalue weighted by Crippen LogP contribution is 2.43. The molecule has 1 aliphatic carbocycles. The van der Waals surface area contributed by atoms with Gasteiger partial charge in [-0.15, -0.1) is 0 Å². The van der Waals surface area contributed by atoms with Gasteiger partial charge >= 0.3 is 0 Å². The fraction of sp³-hybridized carbons (Fsp3) is 0.167. The van der Waals surface area contributed by atoms with E-state index in [1.54, 1.807) is 0 Å². The van der Waals surface area contributed by atoms with E-state index < -0.39 is 0 Å². The fourth-order valence-electron chi connectivity index (χ4n) is 6.47. The van der Waals surface area contributed by atoms with Crippen molar-refractivity contribution in [3.8, 4) is 28.5 Å². The molecule has 0 saturated heterocycles. The average Bonchev–Trinajstić information content (AvgIpc) is 3.35. The molecule has 0 radical (unpaired) electrons. The van der Waals surface area contributed by atoms with Crippen LogP contribution in [-0.4, -0.2) is 0 Å². The summed E-state index contributed by atoms with van der Waals surface area (Å²) in [6, 6.07) is 34.6. The van der Waals surface area contributed by atoms with Crippen LogP contribution in [0.5, 0.6) is 0 Å². The van der Waals surface area contributed by atoms with Crippen molar-refractivity contribution in [1.29, 1.82) is 5.26 Å². The van der Waals surface area contributed by atoms with Crippen molar-refractivity contribution in [3.05, 3.63) is 125 Å². The Balaban J connectivity index is 1.40. The molecule has 4 aromatic carbocycles. The molecule has 0 N–H and O–H groups in total. The van der Waals surface area contributed by atoms with Crippen molar-refractivity contribution < 1.29 is 8.98 Å². The van der Waals surface area contributed by atoms with Gasteiger partial charge in [-0.25, -0.2) is 4.57 Å². The molecule has 39 heavy (non-hydrogen) atoms. The molecule has 2 heterocycles. The van der Waals surface area contributed by atoms with Crippen LogP contribution in [0.2, 0.25) is 0 Å². The van der Waals surface area contributed by atoms with Crippen molar-refractivity contribution in [3.63, 3.8) is 0 Å². The van der Waals surface area contributed by atoms with E-state index in [2.05, 4.69) is 104 Å². The lowest BCUT2D eigenvalue weighted by molar-refractivity contribution is -0.660. The lowest BCUT2D eigenvalue weighted by Crippen LogP contribution is -2.30. The first-order valence-corrected chi connectivity index (χ1v) is 13.7. The highest BCUT2D eigenvalue weighted by Gasteiger charge is 2.24. The summed E-state index contributed by atoms with van der Waals surface area (Å²) in [5.74, 6) is 0.415. The number of aryl methyl sites for hydroxylation is 3. The highest BCUT2D eigenvalue weighted by atomic mass is 16.3. The molecule has 1 aliphatic rings. The van der Waals surface area contributed by atoms with Gasteiger partial charge in [-0.3, -0.25) is 0 Å². The van der Waals surface area contributed by atoms with E-state index in [4.69, 9.17) is 4.42 Å². The summed E-state index contributed by atoms with van der Waals surface area (Å²) in [6.07, 6.45) is 5.59.